The topological polar surface area (TPSA) is 49.6 Å². The molecule has 3 atom stereocenters. The molecule has 1 aromatic rings. The van der Waals surface area contributed by atoms with Crippen LogP contribution < -0.4 is 0 Å². The summed E-state index contributed by atoms with van der Waals surface area (Å²) >= 11 is 0. The minimum atomic E-state index is -0.263. The van der Waals surface area contributed by atoms with Gasteiger partial charge in [-0.25, -0.2) is 0 Å². The number of rotatable bonds is 4. The molecule has 0 amide bonds. The molecule has 1 aliphatic heterocycles. The van der Waals surface area contributed by atoms with Gasteiger partial charge in [-0.2, -0.15) is 0 Å². The van der Waals surface area contributed by atoms with Gasteiger partial charge in [-0.1, -0.05) is 24.6 Å². The van der Waals surface area contributed by atoms with Gasteiger partial charge in [0, 0.05) is 50.4 Å². The Labute approximate surface area is 137 Å². The number of nitrogens with zero attached hydrogens (tertiary/aromatic N) is 3. The molecule has 0 unspecified atom stereocenters. The second-order valence-electron chi connectivity index (χ2n) is 7.44. The first-order valence-electron chi connectivity index (χ1n) is 8.89. The molecule has 5 nitrogen and oxygen atoms in total. The maximum Gasteiger partial charge on any atom is 0.273 e. The summed E-state index contributed by atoms with van der Waals surface area (Å²) in [7, 11) is 0. The summed E-state index contributed by atoms with van der Waals surface area (Å²) in [5, 5.41) is 11.1. The molecule has 1 aromatic carbocycles. The van der Waals surface area contributed by atoms with E-state index in [1.54, 1.807) is 12.1 Å². The van der Waals surface area contributed by atoms with E-state index in [1.807, 2.05) is 12.1 Å². The zero-order valence-corrected chi connectivity index (χ0v) is 13.6. The molecule has 2 saturated carbocycles. The van der Waals surface area contributed by atoms with Crippen molar-refractivity contribution in [3.63, 3.8) is 0 Å². The largest absolute Gasteiger partial charge is 0.298 e. The van der Waals surface area contributed by atoms with Gasteiger partial charge in [0.2, 0.25) is 0 Å². The van der Waals surface area contributed by atoms with Crippen LogP contribution in [0.25, 0.3) is 0 Å². The lowest BCUT2D eigenvalue weighted by Gasteiger charge is -2.41. The second-order valence-corrected chi connectivity index (χ2v) is 7.44. The normalized spacial score (nSPS) is 31.6. The first-order chi connectivity index (χ1) is 11.2. The predicted molar refractivity (Wildman–Crippen MR) is 89.2 cm³/mol. The number of piperazine rings is 1. The lowest BCUT2D eigenvalue weighted by atomic mass is 9.93. The molecule has 124 valence electrons. The van der Waals surface area contributed by atoms with Crippen LogP contribution in [0.1, 0.15) is 31.2 Å². The van der Waals surface area contributed by atoms with Crippen LogP contribution in [0.2, 0.25) is 0 Å². The van der Waals surface area contributed by atoms with Crippen molar-refractivity contribution in [3.05, 3.63) is 39.9 Å². The van der Waals surface area contributed by atoms with Crippen molar-refractivity contribution in [3.8, 4) is 0 Å². The van der Waals surface area contributed by atoms with E-state index in [4.69, 9.17) is 0 Å². The van der Waals surface area contributed by atoms with Crippen molar-refractivity contribution in [1.29, 1.82) is 0 Å². The Morgan fingerprint density at radius 3 is 2.52 bits per heavy atom. The summed E-state index contributed by atoms with van der Waals surface area (Å²) < 4.78 is 0. The Bertz CT molecular complexity index is 583. The summed E-state index contributed by atoms with van der Waals surface area (Å²) in [5.74, 6) is 1.94. The number of nitro benzene ring substituents is 1. The highest BCUT2D eigenvalue weighted by Gasteiger charge is 2.42. The first kappa shape index (κ1) is 15.1. The van der Waals surface area contributed by atoms with E-state index >= 15 is 0 Å². The summed E-state index contributed by atoms with van der Waals surface area (Å²) in [4.78, 5) is 15.9. The van der Waals surface area contributed by atoms with Crippen molar-refractivity contribution in [2.24, 2.45) is 11.8 Å². The number of benzene rings is 1. The molecule has 2 bridgehead atoms. The van der Waals surface area contributed by atoms with Crippen LogP contribution in [-0.2, 0) is 6.54 Å². The molecule has 3 aliphatic rings. The van der Waals surface area contributed by atoms with Gasteiger partial charge in [0.05, 0.1) is 4.92 Å². The molecule has 3 fully saturated rings. The monoisotopic (exact) mass is 315 g/mol. The Morgan fingerprint density at radius 2 is 1.87 bits per heavy atom. The van der Waals surface area contributed by atoms with Gasteiger partial charge < -0.3 is 0 Å². The van der Waals surface area contributed by atoms with E-state index in [0.717, 1.165) is 49.6 Å². The van der Waals surface area contributed by atoms with E-state index in [-0.39, 0.29) is 10.6 Å². The summed E-state index contributed by atoms with van der Waals surface area (Å²) in [6, 6.07) is 7.96. The molecule has 0 N–H and O–H groups in total. The fourth-order valence-corrected chi connectivity index (χ4v) is 4.98. The van der Waals surface area contributed by atoms with Crippen molar-refractivity contribution in [2.45, 2.75) is 38.3 Å². The number of hydrogen-bond acceptors (Lipinski definition) is 4. The highest BCUT2D eigenvalue weighted by molar-refractivity contribution is 5.39. The van der Waals surface area contributed by atoms with Crippen LogP contribution in [-0.4, -0.2) is 46.9 Å². The van der Waals surface area contributed by atoms with Crippen molar-refractivity contribution < 1.29 is 4.92 Å². The van der Waals surface area contributed by atoms with E-state index in [9.17, 15) is 10.1 Å². The van der Waals surface area contributed by atoms with Gasteiger partial charge in [-0.3, -0.25) is 19.9 Å². The third kappa shape index (κ3) is 3.00. The zero-order valence-electron chi connectivity index (χ0n) is 13.6. The third-order valence-corrected chi connectivity index (χ3v) is 6.16. The minimum Gasteiger partial charge on any atom is -0.298 e. The second kappa shape index (κ2) is 6.21. The van der Waals surface area contributed by atoms with Gasteiger partial charge in [0.15, 0.2) is 0 Å². The van der Waals surface area contributed by atoms with E-state index in [2.05, 4.69) is 9.80 Å². The van der Waals surface area contributed by atoms with Crippen LogP contribution >= 0.6 is 0 Å². The zero-order chi connectivity index (χ0) is 15.8. The third-order valence-electron chi connectivity index (χ3n) is 6.16. The van der Waals surface area contributed by atoms with Gasteiger partial charge in [-0.05, 0) is 31.1 Å². The molecule has 23 heavy (non-hydrogen) atoms. The highest BCUT2D eigenvalue weighted by atomic mass is 16.6. The average molecular weight is 315 g/mol. The summed E-state index contributed by atoms with van der Waals surface area (Å²) in [5.41, 5.74) is 1.09. The molecule has 5 heteroatoms. The smallest absolute Gasteiger partial charge is 0.273 e. The summed E-state index contributed by atoms with van der Waals surface area (Å²) in [6.07, 6.45) is 5.76. The van der Waals surface area contributed by atoms with Crippen molar-refractivity contribution in [2.75, 3.05) is 26.2 Å². The van der Waals surface area contributed by atoms with Crippen LogP contribution in [0.3, 0.4) is 0 Å². The molecule has 0 spiro atoms. The van der Waals surface area contributed by atoms with Crippen molar-refractivity contribution in [1.82, 2.24) is 9.80 Å². The minimum absolute atomic E-state index is 0.253. The standard InChI is InChI=1S/C18H25N3O2/c22-21(23)17-4-2-1-3-16(17)13-19-7-9-20(10-8-19)18-12-14-5-6-15(18)11-14/h1-4,14-15,18H,5-13H2/t14-,15+,18+/m0/s1. The molecule has 0 aromatic heterocycles. The van der Waals surface area contributed by atoms with Gasteiger partial charge in [-0.15, -0.1) is 0 Å². The van der Waals surface area contributed by atoms with Crippen LogP contribution in [0.4, 0.5) is 5.69 Å². The lowest BCUT2D eigenvalue weighted by molar-refractivity contribution is -0.385. The van der Waals surface area contributed by atoms with Gasteiger partial charge in [0.1, 0.15) is 0 Å². The van der Waals surface area contributed by atoms with Crippen LogP contribution in [0, 0.1) is 22.0 Å². The lowest BCUT2D eigenvalue weighted by Crippen LogP contribution is -2.51. The number of nitro groups is 1. The van der Waals surface area contributed by atoms with E-state index in [0.29, 0.717) is 6.54 Å². The summed E-state index contributed by atoms with van der Waals surface area (Å²) in [6.45, 7) is 4.99. The van der Waals surface area contributed by atoms with Gasteiger partial charge in [0.25, 0.3) is 5.69 Å². The molecular formula is C18H25N3O2. The first-order valence-corrected chi connectivity index (χ1v) is 8.89. The van der Waals surface area contributed by atoms with Crippen LogP contribution in [0.5, 0.6) is 0 Å². The van der Waals surface area contributed by atoms with E-state index in [1.165, 1.54) is 25.7 Å². The van der Waals surface area contributed by atoms with Crippen LogP contribution in [0.15, 0.2) is 24.3 Å². The molecular weight excluding hydrogens is 290 g/mol. The van der Waals surface area contributed by atoms with E-state index < -0.39 is 0 Å². The highest BCUT2D eigenvalue weighted by Crippen LogP contribution is 2.46. The fourth-order valence-electron chi connectivity index (χ4n) is 4.98. The fraction of sp³-hybridized carbons (Fsp3) is 0.667. The molecule has 1 saturated heterocycles. The number of para-hydroxylation sites is 1. The Balaban J connectivity index is 1.34. The average Bonchev–Trinajstić information content (AvgIpc) is 3.19. The number of fused-ring (bicyclic) bond motifs is 2. The van der Waals surface area contributed by atoms with Gasteiger partial charge >= 0.3 is 0 Å². The Hall–Kier alpha value is -1.46. The predicted octanol–water partition coefficient (Wildman–Crippen LogP) is 2.90. The SMILES string of the molecule is O=[N+]([O-])c1ccccc1CN1CCN([C@@H]2C[C@H]3CC[C@@H]2C3)CC1. The Kier molecular flexibility index (Phi) is 4.07. The number of hydrogen-bond donors (Lipinski definition) is 0. The van der Waals surface area contributed by atoms with Crippen molar-refractivity contribution >= 4 is 5.69 Å². The maximum absolute atomic E-state index is 11.1. The molecule has 0 radical (unpaired) electrons. The maximum atomic E-state index is 11.1. The molecule has 2 aliphatic carbocycles. The Morgan fingerprint density at radius 1 is 1.09 bits per heavy atom. The molecule has 4 rings (SSSR count). The quantitative estimate of drug-likeness (QED) is 0.633. The molecule has 1 heterocycles.